The van der Waals surface area contributed by atoms with Crippen LogP contribution < -0.4 is 11.1 Å². The van der Waals surface area contributed by atoms with Gasteiger partial charge < -0.3 is 11.1 Å². The highest BCUT2D eigenvalue weighted by Crippen LogP contribution is 2.20. The molecule has 0 radical (unpaired) electrons. The van der Waals surface area contributed by atoms with Gasteiger partial charge in [-0.3, -0.25) is 10.1 Å². The van der Waals surface area contributed by atoms with E-state index in [0.29, 0.717) is 11.5 Å². The number of nitrogens with zero attached hydrogens (tertiary/aromatic N) is 6. The minimum Gasteiger partial charge on any atom is -0.378 e. The molecule has 0 amide bonds. The molecule has 3 N–H and O–H groups in total. The third-order valence-electron chi connectivity index (χ3n) is 2.72. The molecule has 22 heavy (non-hydrogen) atoms. The van der Waals surface area contributed by atoms with Gasteiger partial charge in [0.2, 0.25) is 11.8 Å². The van der Waals surface area contributed by atoms with Crippen molar-refractivity contribution in [2.75, 3.05) is 11.1 Å². The molecule has 3 rings (SSSR count). The smallest absolute Gasteiger partial charge is 0.329 e. The lowest BCUT2D eigenvalue weighted by Crippen LogP contribution is -2.03. The first-order valence-electron chi connectivity index (χ1n) is 6.13. The summed E-state index contributed by atoms with van der Waals surface area (Å²) in [6.07, 6.45) is 5.94. The van der Waals surface area contributed by atoms with E-state index >= 15 is 0 Å². The van der Waals surface area contributed by atoms with Crippen molar-refractivity contribution in [2.45, 2.75) is 0 Å². The van der Waals surface area contributed by atoms with E-state index in [2.05, 4.69) is 25.4 Å². The molecule has 3 aromatic heterocycles. The highest BCUT2D eigenvalue weighted by Gasteiger charge is 2.14. The zero-order valence-corrected chi connectivity index (χ0v) is 11.1. The predicted molar refractivity (Wildman–Crippen MR) is 77.7 cm³/mol. The van der Waals surface area contributed by atoms with E-state index in [1.807, 2.05) is 6.07 Å². The van der Waals surface area contributed by atoms with Gasteiger partial charge >= 0.3 is 5.69 Å². The van der Waals surface area contributed by atoms with Crippen LogP contribution in [0.2, 0.25) is 0 Å². The maximum Gasteiger partial charge on any atom is 0.329 e. The van der Waals surface area contributed by atoms with Crippen LogP contribution in [-0.4, -0.2) is 29.7 Å². The highest BCUT2D eigenvalue weighted by atomic mass is 16.6. The number of hydrogen-bond donors (Lipinski definition) is 2. The molecule has 0 aliphatic carbocycles. The second-order valence-electron chi connectivity index (χ2n) is 4.21. The number of anilines is 3. The van der Waals surface area contributed by atoms with Crippen LogP contribution >= 0.6 is 0 Å². The Hall–Kier alpha value is -3.56. The normalized spacial score (nSPS) is 10.4. The van der Waals surface area contributed by atoms with Gasteiger partial charge in [-0.2, -0.15) is 10.1 Å². The number of nitrogens with two attached hydrogens (primary N) is 1. The molecule has 0 saturated carbocycles. The number of nitrogens with one attached hydrogen (secondary N) is 1. The van der Waals surface area contributed by atoms with Crippen LogP contribution in [0.1, 0.15) is 0 Å². The van der Waals surface area contributed by atoms with Gasteiger partial charge in [0.15, 0.2) is 5.82 Å². The Kier molecular flexibility index (Phi) is 3.32. The first-order valence-corrected chi connectivity index (χ1v) is 6.13. The number of aromatic nitrogens is 5. The van der Waals surface area contributed by atoms with Gasteiger partial charge in [0, 0.05) is 6.20 Å². The van der Waals surface area contributed by atoms with Crippen LogP contribution in [0.15, 0.2) is 43.0 Å². The Morgan fingerprint density at radius 1 is 1.27 bits per heavy atom. The molecule has 3 heterocycles. The molecule has 0 aliphatic rings. The lowest BCUT2D eigenvalue weighted by atomic mass is 10.4. The van der Waals surface area contributed by atoms with Gasteiger partial charge in [0.1, 0.15) is 6.20 Å². The number of nitro groups is 1. The second kappa shape index (κ2) is 5.44. The monoisotopic (exact) mass is 298 g/mol. The van der Waals surface area contributed by atoms with Crippen LogP contribution in [0.25, 0.3) is 5.82 Å². The topological polar surface area (TPSA) is 138 Å². The Morgan fingerprint density at radius 3 is 2.82 bits per heavy atom. The average molecular weight is 298 g/mol. The number of hydrogen-bond acceptors (Lipinski definition) is 8. The van der Waals surface area contributed by atoms with Crippen LogP contribution in [0.3, 0.4) is 0 Å². The van der Waals surface area contributed by atoms with E-state index in [1.54, 1.807) is 35.4 Å². The fraction of sp³-hybridized carbons (Fsp3) is 0. The minimum absolute atomic E-state index is 0.142. The van der Waals surface area contributed by atoms with Crippen molar-refractivity contribution in [1.29, 1.82) is 0 Å². The molecule has 0 aromatic carbocycles. The van der Waals surface area contributed by atoms with E-state index in [-0.39, 0.29) is 17.5 Å². The Balaban J connectivity index is 1.81. The molecule has 10 heteroatoms. The molecule has 0 bridgehead atoms. The molecular weight excluding hydrogens is 288 g/mol. The average Bonchev–Trinajstić information content (AvgIpc) is 2.96. The molecule has 0 unspecified atom stereocenters. The summed E-state index contributed by atoms with van der Waals surface area (Å²) < 4.78 is 1.57. The Morgan fingerprint density at radius 2 is 2.14 bits per heavy atom. The molecule has 3 aromatic rings. The summed E-state index contributed by atoms with van der Waals surface area (Å²) in [5.74, 6) is 0.586. The van der Waals surface area contributed by atoms with Crippen LogP contribution in [-0.2, 0) is 0 Å². The summed E-state index contributed by atoms with van der Waals surface area (Å²) in [5.41, 5.74) is 5.77. The molecule has 0 saturated heterocycles. The molecule has 0 atom stereocenters. The van der Waals surface area contributed by atoms with Gasteiger partial charge in [-0.1, -0.05) is 6.07 Å². The van der Waals surface area contributed by atoms with E-state index in [0.717, 1.165) is 6.20 Å². The second-order valence-corrected chi connectivity index (χ2v) is 4.21. The Bertz CT molecular complexity index is 817. The lowest BCUT2D eigenvalue weighted by molar-refractivity contribution is -0.384. The molecule has 10 nitrogen and oxygen atoms in total. The molecule has 0 aliphatic heterocycles. The van der Waals surface area contributed by atoms with Crippen molar-refractivity contribution < 1.29 is 4.92 Å². The molecule has 0 spiro atoms. The fourth-order valence-electron chi connectivity index (χ4n) is 1.72. The predicted octanol–water partition coefficient (Wildman–Crippen LogP) is 1.29. The summed E-state index contributed by atoms with van der Waals surface area (Å²) in [7, 11) is 0. The lowest BCUT2D eigenvalue weighted by Gasteiger charge is -2.02. The van der Waals surface area contributed by atoms with Crippen molar-refractivity contribution in [1.82, 2.24) is 24.7 Å². The van der Waals surface area contributed by atoms with Gasteiger partial charge in [-0.05, 0) is 12.1 Å². The summed E-state index contributed by atoms with van der Waals surface area (Å²) in [6.45, 7) is 0. The molecule has 0 fully saturated rings. The van der Waals surface area contributed by atoms with Gasteiger partial charge in [-0.15, -0.1) is 0 Å². The van der Waals surface area contributed by atoms with Crippen LogP contribution in [0.5, 0.6) is 0 Å². The third-order valence-corrected chi connectivity index (χ3v) is 2.72. The summed E-state index contributed by atoms with van der Waals surface area (Å²) in [6, 6.07) is 5.45. The van der Waals surface area contributed by atoms with Gasteiger partial charge in [0.05, 0.1) is 23.0 Å². The molecular formula is C12H10N8O2. The quantitative estimate of drug-likeness (QED) is 0.542. The van der Waals surface area contributed by atoms with E-state index in [9.17, 15) is 10.1 Å². The van der Waals surface area contributed by atoms with Gasteiger partial charge in [0.25, 0.3) is 0 Å². The fourth-order valence-corrected chi connectivity index (χ4v) is 1.72. The summed E-state index contributed by atoms with van der Waals surface area (Å²) in [4.78, 5) is 21.9. The first-order chi connectivity index (χ1) is 10.6. The maximum absolute atomic E-state index is 10.7. The largest absolute Gasteiger partial charge is 0.378 e. The van der Waals surface area contributed by atoms with Gasteiger partial charge in [-0.25, -0.2) is 14.6 Å². The standard InChI is InChI=1S/C12H10N8O2/c13-11-9(20(21)22)6-15-12(18-11)17-8-5-16-19(7-8)10-3-1-2-4-14-10/h1-7H,(H3,13,15,17,18). The maximum atomic E-state index is 10.7. The van der Waals surface area contributed by atoms with E-state index in [4.69, 9.17) is 5.73 Å². The summed E-state index contributed by atoms with van der Waals surface area (Å²) in [5, 5.41) is 17.7. The molecule has 110 valence electrons. The summed E-state index contributed by atoms with van der Waals surface area (Å²) >= 11 is 0. The van der Waals surface area contributed by atoms with Crippen molar-refractivity contribution >= 4 is 23.1 Å². The van der Waals surface area contributed by atoms with Crippen molar-refractivity contribution in [2.24, 2.45) is 0 Å². The highest BCUT2D eigenvalue weighted by molar-refractivity contribution is 5.57. The van der Waals surface area contributed by atoms with Crippen molar-refractivity contribution in [3.05, 3.63) is 53.1 Å². The van der Waals surface area contributed by atoms with Crippen LogP contribution in [0, 0.1) is 10.1 Å². The van der Waals surface area contributed by atoms with E-state index < -0.39 is 4.92 Å². The number of rotatable bonds is 4. The van der Waals surface area contributed by atoms with Crippen molar-refractivity contribution in [3.63, 3.8) is 0 Å². The number of nitrogen functional groups attached to an aromatic ring is 1. The minimum atomic E-state index is -0.641. The number of pyridine rings is 1. The van der Waals surface area contributed by atoms with Crippen LogP contribution in [0.4, 0.5) is 23.1 Å². The van der Waals surface area contributed by atoms with E-state index in [1.165, 1.54) is 0 Å². The zero-order chi connectivity index (χ0) is 15.5. The first kappa shape index (κ1) is 13.4. The van der Waals surface area contributed by atoms with Crippen molar-refractivity contribution in [3.8, 4) is 5.82 Å². The SMILES string of the molecule is Nc1nc(Nc2cnn(-c3ccccn3)c2)ncc1[N+](=O)[O-]. The third kappa shape index (κ3) is 2.65. The Labute approximate surface area is 123 Å². The zero-order valence-electron chi connectivity index (χ0n) is 11.1.